The molecule has 7 atom stereocenters. The van der Waals surface area contributed by atoms with Crippen molar-refractivity contribution in [2.45, 2.75) is 50.9 Å². The van der Waals surface area contributed by atoms with Gasteiger partial charge in [-0.05, 0) is 23.8 Å². The molecule has 0 spiro atoms. The molecule has 62 heavy (non-hydrogen) atoms. The Balaban J connectivity index is 1.20. The Morgan fingerprint density at radius 3 is 2.42 bits per heavy atom. The third-order valence-electron chi connectivity index (χ3n) is 8.46. The molecule has 0 saturated carbocycles. The van der Waals surface area contributed by atoms with Crippen molar-refractivity contribution in [3.05, 3.63) is 36.4 Å². The number of carbonyl (C=O) groups excluding carboxylic acids is 3. The first-order valence-electron chi connectivity index (χ1n) is 17.7. The number of anilines is 1. The highest BCUT2D eigenvalue weighted by molar-refractivity contribution is 8.14. The van der Waals surface area contributed by atoms with E-state index in [1.165, 1.54) is 45.2 Å². The lowest BCUT2D eigenvalue weighted by molar-refractivity contribution is -0.137. The summed E-state index contributed by atoms with van der Waals surface area (Å²) in [5.41, 5.74) is 4.58. The highest BCUT2D eigenvalue weighted by atomic mass is 32.2. The maximum atomic E-state index is 12.7. The number of rotatable bonds is 22. The van der Waals surface area contributed by atoms with Crippen molar-refractivity contribution in [1.82, 2.24) is 30.2 Å². The molecule has 3 heterocycles. The van der Waals surface area contributed by atoms with Crippen molar-refractivity contribution >= 4 is 75.2 Å². The number of amides is 2. The fourth-order valence-electron chi connectivity index (χ4n) is 5.36. The number of nitrogens with two attached hydrogens (primary N) is 1. The number of benzene rings is 1. The van der Waals surface area contributed by atoms with Gasteiger partial charge in [0, 0.05) is 30.7 Å². The second-order valence-corrected chi connectivity index (χ2v) is 19.0. The smallest absolute Gasteiger partial charge is 0.481 e. The molecule has 1 aliphatic rings. The number of phenols is 2. The zero-order valence-corrected chi connectivity index (χ0v) is 36.2. The number of methoxy groups -OCH3 is 1. The third kappa shape index (κ3) is 14.2. The van der Waals surface area contributed by atoms with Gasteiger partial charge in [0.25, 0.3) is 0 Å². The second kappa shape index (κ2) is 21.1. The lowest BCUT2D eigenvalue weighted by Crippen LogP contribution is -2.46. The fourth-order valence-corrected chi connectivity index (χ4v) is 8.76. The molecule has 1 aliphatic heterocycles. The molecule has 1 saturated heterocycles. The van der Waals surface area contributed by atoms with Crippen molar-refractivity contribution in [1.29, 1.82) is 0 Å². The quantitative estimate of drug-likeness (QED) is 0.0269. The Kier molecular flexibility index (Phi) is 17.2. The van der Waals surface area contributed by atoms with Gasteiger partial charge in [-0.15, -0.1) is 0 Å². The lowest BCUT2D eigenvalue weighted by atomic mass is 9.87. The van der Waals surface area contributed by atoms with Gasteiger partial charge in [0.1, 0.15) is 36.3 Å². The predicted octanol–water partition coefficient (Wildman–Crippen LogP) is -0.202. The Labute approximate surface area is 355 Å². The van der Waals surface area contributed by atoms with Crippen molar-refractivity contribution in [3.63, 3.8) is 0 Å². The highest BCUT2D eigenvalue weighted by Gasteiger charge is 2.50. The van der Waals surface area contributed by atoms with Crippen LogP contribution in [0.25, 0.3) is 17.2 Å². The molecule has 0 bridgehead atoms. The highest BCUT2D eigenvalue weighted by Crippen LogP contribution is 2.61. The van der Waals surface area contributed by atoms with Crippen molar-refractivity contribution in [2.24, 2.45) is 5.41 Å². The largest absolute Gasteiger partial charge is 0.504 e. The van der Waals surface area contributed by atoms with Crippen LogP contribution in [0.4, 0.5) is 5.82 Å². The van der Waals surface area contributed by atoms with Gasteiger partial charge < -0.3 is 65.8 Å². The Morgan fingerprint density at radius 2 is 1.74 bits per heavy atom. The number of phosphoric ester groups is 3. The van der Waals surface area contributed by atoms with Gasteiger partial charge in [0.05, 0.1) is 26.7 Å². The molecule has 0 aliphatic carbocycles. The van der Waals surface area contributed by atoms with Gasteiger partial charge >= 0.3 is 23.5 Å². The molecule has 3 aromatic rings. The van der Waals surface area contributed by atoms with Gasteiger partial charge in [-0.25, -0.2) is 28.6 Å². The van der Waals surface area contributed by atoms with Gasteiger partial charge in [0.15, 0.2) is 29.2 Å². The molecular formula is C31H44N7O20P3S. The van der Waals surface area contributed by atoms with Crippen LogP contribution in [0.2, 0.25) is 0 Å². The van der Waals surface area contributed by atoms with E-state index in [0.717, 1.165) is 29.0 Å². The zero-order valence-electron chi connectivity index (χ0n) is 32.7. The number of imidazole rings is 1. The number of hydrogen-bond acceptors (Lipinski definition) is 21. The molecule has 12 N–H and O–H groups in total. The Bertz CT molecular complexity index is 2280. The van der Waals surface area contributed by atoms with Gasteiger partial charge in [-0.1, -0.05) is 31.7 Å². The van der Waals surface area contributed by atoms with Gasteiger partial charge in [-0.3, -0.25) is 32.5 Å². The number of carbonyl (C=O) groups is 3. The van der Waals surface area contributed by atoms with Crippen LogP contribution in [0.5, 0.6) is 17.2 Å². The number of nitrogen functional groups attached to an aromatic ring is 1. The zero-order chi connectivity index (χ0) is 46.2. The van der Waals surface area contributed by atoms with Crippen LogP contribution in [-0.4, -0.2) is 140 Å². The van der Waals surface area contributed by atoms with E-state index in [2.05, 4.69) is 34.4 Å². The van der Waals surface area contributed by atoms with E-state index < -0.39 is 96.1 Å². The summed E-state index contributed by atoms with van der Waals surface area (Å²) in [5, 5.41) is 45.4. The average Bonchev–Trinajstić information content (AvgIpc) is 3.74. The van der Waals surface area contributed by atoms with Crippen molar-refractivity contribution in [2.75, 3.05) is 44.9 Å². The molecular weight excluding hydrogens is 915 g/mol. The van der Waals surface area contributed by atoms with E-state index in [-0.39, 0.29) is 53.1 Å². The van der Waals surface area contributed by atoms with Crippen LogP contribution in [0.3, 0.4) is 0 Å². The first-order chi connectivity index (χ1) is 28.8. The number of phosphoric acid groups is 3. The summed E-state index contributed by atoms with van der Waals surface area (Å²) < 4.78 is 67.1. The Morgan fingerprint density at radius 1 is 1.05 bits per heavy atom. The topological polar surface area (TPSA) is 413 Å². The molecule has 31 heteroatoms. The summed E-state index contributed by atoms with van der Waals surface area (Å²) in [6.07, 6.45) is -4.51. The third-order valence-corrected chi connectivity index (χ3v) is 12.4. The first-order valence-corrected chi connectivity index (χ1v) is 23.2. The minimum Gasteiger partial charge on any atom is -0.504 e. The number of aliphatic hydroxyl groups is 2. The number of nitrogens with zero attached hydrogens (tertiary/aromatic N) is 4. The Hall–Kier alpha value is -4.08. The average molecular weight is 960 g/mol. The number of hydrogen-bond donors (Lipinski definition) is 11. The van der Waals surface area contributed by atoms with Crippen LogP contribution in [0, 0.1) is 5.41 Å². The summed E-state index contributed by atoms with van der Waals surface area (Å²) in [7, 11) is -15.2. The van der Waals surface area contributed by atoms with Gasteiger partial charge in [0.2, 0.25) is 22.7 Å². The minimum atomic E-state index is -5.60. The molecule has 2 unspecified atom stereocenters. The SMILES string of the molecule is COc1cc(/C=C/C(=O)SCCNC(=O)CCNC(=O)[C@H](O)C(C)(C)COP(=O)(O)OP(=O)(O)OC[C@H]2O[C@@H](n3cnc4c(N)ncnc43)[C@@H](O)[C@H]2OP(=O)(O)O)cc(O)c1O. The summed E-state index contributed by atoms with van der Waals surface area (Å²) >= 11 is 0.877. The summed E-state index contributed by atoms with van der Waals surface area (Å²) in [6, 6.07) is 2.63. The van der Waals surface area contributed by atoms with E-state index in [0.29, 0.717) is 5.56 Å². The van der Waals surface area contributed by atoms with Crippen LogP contribution in [-0.2, 0) is 50.7 Å². The molecule has 1 aromatic carbocycles. The molecule has 27 nitrogen and oxygen atoms in total. The molecule has 2 aromatic heterocycles. The molecule has 4 rings (SSSR count). The number of nitrogens with one attached hydrogen (secondary N) is 2. The van der Waals surface area contributed by atoms with E-state index in [9.17, 15) is 68.1 Å². The van der Waals surface area contributed by atoms with E-state index >= 15 is 0 Å². The van der Waals surface area contributed by atoms with E-state index in [1.807, 2.05) is 0 Å². The number of ether oxygens (including phenoxy) is 2. The fraction of sp³-hybridized carbons (Fsp3) is 0.484. The number of thioether (sulfide) groups is 1. The van der Waals surface area contributed by atoms with Crippen molar-refractivity contribution < 1.29 is 95.4 Å². The maximum absolute atomic E-state index is 12.7. The number of aromatic hydroxyl groups is 2. The van der Waals surface area contributed by atoms with Gasteiger partial charge in [-0.2, -0.15) is 4.31 Å². The van der Waals surface area contributed by atoms with E-state index in [1.54, 1.807) is 0 Å². The van der Waals surface area contributed by atoms with Crippen LogP contribution in [0.15, 0.2) is 30.9 Å². The lowest BCUT2D eigenvalue weighted by Gasteiger charge is -2.30. The summed E-state index contributed by atoms with van der Waals surface area (Å²) in [5.74, 6) is -2.28. The maximum Gasteiger partial charge on any atom is 0.481 e. The van der Waals surface area contributed by atoms with Crippen LogP contribution >= 0.6 is 35.2 Å². The number of fused-ring (bicyclic) bond motifs is 1. The number of aliphatic hydroxyl groups excluding tert-OH is 2. The first kappa shape index (κ1) is 50.6. The molecule has 2 amide bonds. The second-order valence-electron chi connectivity index (χ2n) is 13.7. The summed E-state index contributed by atoms with van der Waals surface area (Å²) in [6.45, 7) is 0.199. The number of phenolic OH excluding ortho intramolecular Hbond substituents is 2. The standard InChI is InChI=1S/C31H44N7O20P3S/c1-31(2,26(44)29(45)34-7-6-20(40)33-8-9-62-21(41)5-4-16-10-17(39)23(42)18(11-16)53-3)13-55-61(51,52)58-60(49,50)54-12-19-25(57-59(46,47)48)24(43)30(56-19)38-15-37-22-27(32)35-14-36-28(22)38/h4-5,10-11,14-15,19,24-26,30,39,42-44H,6-9,12-13H2,1-3H3,(H,33,40)(H,34,45)(H,49,50)(H,51,52)(H2,32,35,36)(H2,46,47,48)/b5-4+/t19-,24+,25+,26+,30-/m1/s1. The van der Waals surface area contributed by atoms with Crippen LogP contribution < -0.4 is 21.1 Å². The van der Waals surface area contributed by atoms with Crippen LogP contribution in [0.1, 0.15) is 32.1 Å². The number of aromatic nitrogens is 4. The normalized spacial score (nSPS) is 20.7. The molecule has 1 fully saturated rings. The molecule has 344 valence electrons. The summed E-state index contributed by atoms with van der Waals surface area (Å²) in [4.78, 5) is 88.0. The van der Waals surface area contributed by atoms with E-state index in [4.69, 9.17) is 24.3 Å². The predicted molar refractivity (Wildman–Crippen MR) is 212 cm³/mol. The minimum absolute atomic E-state index is 0.0102. The van der Waals surface area contributed by atoms with Crippen molar-refractivity contribution in [3.8, 4) is 17.2 Å². The monoisotopic (exact) mass is 959 g/mol. The molecule has 0 radical (unpaired) electrons.